The Morgan fingerprint density at radius 3 is 1.46 bits per heavy atom. The van der Waals surface area contributed by atoms with Crippen LogP contribution in [0.3, 0.4) is 0 Å². The molecule has 0 spiro atoms. The van der Waals surface area contributed by atoms with Crippen LogP contribution in [0, 0.1) is 0 Å². The predicted molar refractivity (Wildman–Crippen MR) is 107 cm³/mol. The van der Waals surface area contributed by atoms with Crippen molar-refractivity contribution < 1.29 is 28.5 Å². The molecule has 0 saturated carbocycles. The molecule has 28 heavy (non-hydrogen) atoms. The molecule has 1 rings (SSSR count). The molecule has 0 fully saturated rings. The third kappa shape index (κ3) is 7.61. The molecule has 0 saturated heterocycles. The largest absolute Gasteiger partial charge is 0.491 e. The van der Waals surface area contributed by atoms with E-state index in [2.05, 4.69) is 13.2 Å². The molecular weight excluding hydrogens is 364 g/mol. The highest BCUT2D eigenvalue weighted by Crippen LogP contribution is 2.35. The molecule has 1 aromatic carbocycles. The van der Waals surface area contributed by atoms with E-state index in [-0.39, 0.29) is 24.6 Å². The van der Waals surface area contributed by atoms with Gasteiger partial charge in [0.1, 0.15) is 22.9 Å². The molecule has 8 nitrogen and oxygen atoms in total. The number of carbonyl (C=O) groups excluding carboxylic acids is 2. The summed E-state index contributed by atoms with van der Waals surface area (Å²) in [5, 5.41) is 0. The molecule has 0 amide bonds. The predicted octanol–water partition coefficient (Wildman–Crippen LogP) is 2.63. The fourth-order valence-corrected chi connectivity index (χ4v) is 1.91. The first kappa shape index (κ1) is 22.9. The Bertz CT molecular complexity index is 669. The van der Waals surface area contributed by atoms with Crippen molar-refractivity contribution in [1.82, 2.24) is 0 Å². The van der Waals surface area contributed by atoms with E-state index in [1.807, 2.05) is 0 Å². The van der Waals surface area contributed by atoms with Crippen LogP contribution in [0.15, 0.2) is 36.4 Å². The number of nitrogen functional groups attached to an aromatic ring is 2. The van der Waals surface area contributed by atoms with Crippen LogP contribution in [0.1, 0.15) is 26.7 Å². The molecule has 8 heteroatoms. The van der Waals surface area contributed by atoms with Crippen molar-refractivity contribution in [3.05, 3.63) is 36.4 Å². The first-order valence-electron chi connectivity index (χ1n) is 8.82. The maximum absolute atomic E-state index is 11.3. The minimum atomic E-state index is -0.431. The Labute approximate surface area is 165 Å². The Balaban J connectivity index is 2.39. The van der Waals surface area contributed by atoms with Crippen LogP contribution < -0.4 is 20.9 Å². The molecule has 0 aliphatic carbocycles. The first-order valence-corrected chi connectivity index (χ1v) is 8.82. The monoisotopic (exact) mass is 392 g/mol. The Hall–Kier alpha value is -3.16. The Kier molecular flexibility index (Phi) is 9.42. The molecule has 0 aliphatic heterocycles. The lowest BCUT2D eigenvalue weighted by atomic mass is 10.2. The maximum Gasteiger partial charge on any atom is 0.333 e. The summed E-state index contributed by atoms with van der Waals surface area (Å²) in [6.45, 7) is 11.2. The van der Waals surface area contributed by atoms with E-state index in [0.717, 1.165) is 0 Å². The smallest absolute Gasteiger partial charge is 0.333 e. The van der Waals surface area contributed by atoms with Gasteiger partial charge in [0.05, 0.1) is 26.4 Å². The van der Waals surface area contributed by atoms with Gasteiger partial charge in [-0.3, -0.25) is 0 Å². The summed E-state index contributed by atoms with van der Waals surface area (Å²) in [5.41, 5.74) is 13.2. The lowest BCUT2D eigenvalue weighted by Crippen LogP contribution is -2.11. The molecule has 4 N–H and O–H groups in total. The van der Waals surface area contributed by atoms with Gasteiger partial charge in [-0.05, 0) is 26.0 Å². The highest BCUT2D eigenvalue weighted by Gasteiger charge is 2.11. The van der Waals surface area contributed by atoms with Crippen LogP contribution in [0.4, 0.5) is 11.4 Å². The molecule has 0 unspecified atom stereocenters. The second-order valence-corrected chi connectivity index (χ2v) is 6.13. The number of anilines is 2. The van der Waals surface area contributed by atoms with Gasteiger partial charge in [0.2, 0.25) is 0 Å². The highest BCUT2D eigenvalue weighted by atomic mass is 16.5. The summed E-state index contributed by atoms with van der Waals surface area (Å²) >= 11 is 0. The normalized spacial score (nSPS) is 10.1. The number of hydrogen-bond acceptors (Lipinski definition) is 8. The summed E-state index contributed by atoms with van der Waals surface area (Å²) in [5.74, 6) is -0.0164. The third-order valence-electron chi connectivity index (χ3n) is 3.46. The van der Waals surface area contributed by atoms with Gasteiger partial charge < -0.3 is 30.4 Å². The number of nitrogens with two attached hydrogens (primary N) is 2. The van der Waals surface area contributed by atoms with E-state index in [1.165, 1.54) is 0 Å². The third-order valence-corrected chi connectivity index (χ3v) is 3.46. The van der Waals surface area contributed by atoms with Gasteiger partial charge in [0.25, 0.3) is 0 Å². The van der Waals surface area contributed by atoms with Gasteiger partial charge in [-0.15, -0.1) is 0 Å². The molecule has 0 heterocycles. The van der Waals surface area contributed by atoms with Crippen LogP contribution in [0.2, 0.25) is 0 Å². The number of hydrogen-bond donors (Lipinski definition) is 2. The number of benzene rings is 1. The van der Waals surface area contributed by atoms with E-state index in [1.54, 1.807) is 26.0 Å². The average molecular weight is 392 g/mol. The fourth-order valence-electron chi connectivity index (χ4n) is 1.91. The van der Waals surface area contributed by atoms with Crippen molar-refractivity contribution >= 4 is 23.3 Å². The summed E-state index contributed by atoms with van der Waals surface area (Å²) in [6.07, 6.45) is 0.999. The maximum atomic E-state index is 11.3. The molecule has 0 bridgehead atoms. The average Bonchev–Trinajstić information content (AvgIpc) is 2.65. The van der Waals surface area contributed by atoms with Crippen molar-refractivity contribution in [2.24, 2.45) is 0 Å². The van der Waals surface area contributed by atoms with Crippen molar-refractivity contribution in [3.8, 4) is 11.5 Å². The molecule has 154 valence electrons. The zero-order valence-corrected chi connectivity index (χ0v) is 16.4. The summed E-state index contributed by atoms with van der Waals surface area (Å²) in [4.78, 5) is 22.5. The molecule has 0 atom stereocenters. The van der Waals surface area contributed by atoms with Crippen LogP contribution >= 0.6 is 0 Å². The van der Waals surface area contributed by atoms with Crippen LogP contribution in [0.5, 0.6) is 11.5 Å². The SMILES string of the molecule is C=C(C)C(=O)OCCCOc1ccc(OCCCOC(=O)C(=C)C)c(N)c1N. The van der Waals surface area contributed by atoms with Gasteiger partial charge in [-0.2, -0.15) is 0 Å². The number of rotatable bonds is 12. The number of esters is 2. The molecule has 1 aromatic rings. The Morgan fingerprint density at radius 1 is 0.786 bits per heavy atom. The zero-order chi connectivity index (χ0) is 21.1. The molecular formula is C20H28N2O6. The number of ether oxygens (including phenoxy) is 4. The van der Waals surface area contributed by atoms with Crippen molar-refractivity contribution in [2.75, 3.05) is 37.9 Å². The zero-order valence-electron chi connectivity index (χ0n) is 16.4. The Morgan fingerprint density at radius 2 is 1.14 bits per heavy atom. The molecule has 0 aromatic heterocycles. The quantitative estimate of drug-likeness (QED) is 0.241. The second kappa shape index (κ2) is 11.5. The van der Waals surface area contributed by atoms with Gasteiger partial charge >= 0.3 is 11.9 Å². The molecule has 0 aliphatic rings. The topological polar surface area (TPSA) is 123 Å². The van der Waals surface area contributed by atoms with E-state index >= 15 is 0 Å². The first-order chi connectivity index (χ1) is 13.2. The standard InChI is InChI=1S/C20H28N2O6/c1-13(2)19(23)27-11-5-9-25-15-7-8-16(18(22)17(15)21)26-10-6-12-28-20(24)14(3)4/h7-8H,1,3,5-6,9-12,21-22H2,2,4H3. The van der Waals surface area contributed by atoms with Gasteiger partial charge in [0, 0.05) is 24.0 Å². The van der Waals surface area contributed by atoms with E-state index in [9.17, 15) is 9.59 Å². The lowest BCUT2D eigenvalue weighted by Gasteiger charge is -2.14. The summed E-state index contributed by atoms with van der Waals surface area (Å²) in [7, 11) is 0. The fraction of sp³-hybridized carbons (Fsp3) is 0.400. The second-order valence-electron chi connectivity index (χ2n) is 6.13. The van der Waals surface area contributed by atoms with Crippen molar-refractivity contribution in [1.29, 1.82) is 0 Å². The molecule has 0 radical (unpaired) electrons. The van der Waals surface area contributed by atoms with E-state index in [4.69, 9.17) is 30.4 Å². The minimum Gasteiger partial charge on any atom is -0.491 e. The lowest BCUT2D eigenvalue weighted by molar-refractivity contribution is -0.140. The minimum absolute atomic E-state index is 0.220. The van der Waals surface area contributed by atoms with Gasteiger partial charge in [-0.1, -0.05) is 13.2 Å². The van der Waals surface area contributed by atoms with Gasteiger partial charge in [-0.25, -0.2) is 9.59 Å². The van der Waals surface area contributed by atoms with E-state index < -0.39 is 11.9 Å². The van der Waals surface area contributed by atoms with Crippen LogP contribution in [-0.4, -0.2) is 38.4 Å². The van der Waals surface area contributed by atoms with Crippen molar-refractivity contribution in [3.63, 3.8) is 0 Å². The number of carbonyl (C=O) groups is 2. The van der Waals surface area contributed by atoms with Crippen molar-refractivity contribution in [2.45, 2.75) is 26.7 Å². The van der Waals surface area contributed by atoms with E-state index in [0.29, 0.717) is 48.7 Å². The highest BCUT2D eigenvalue weighted by molar-refractivity contribution is 5.87. The van der Waals surface area contributed by atoms with Crippen LogP contribution in [0.25, 0.3) is 0 Å². The van der Waals surface area contributed by atoms with Crippen LogP contribution in [-0.2, 0) is 19.1 Å². The van der Waals surface area contributed by atoms with Gasteiger partial charge in [0.15, 0.2) is 0 Å². The summed E-state index contributed by atoms with van der Waals surface area (Å²) in [6, 6.07) is 3.31. The summed E-state index contributed by atoms with van der Waals surface area (Å²) < 4.78 is 21.1.